The molecule has 1 N–H and O–H groups in total. The molecule has 2 heterocycles. The van der Waals surface area contributed by atoms with Gasteiger partial charge in [-0.05, 0) is 45.7 Å². The predicted molar refractivity (Wildman–Crippen MR) is 71.3 cm³/mol. The lowest BCUT2D eigenvalue weighted by molar-refractivity contribution is 0.189. The second-order valence-electron chi connectivity index (χ2n) is 5.27. The summed E-state index contributed by atoms with van der Waals surface area (Å²) < 4.78 is 0. The Bertz CT molecular complexity index is 364. The van der Waals surface area contributed by atoms with Crippen LogP contribution in [0.15, 0.2) is 6.20 Å². The summed E-state index contributed by atoms with van der Waals surface area (Å²) in [5, 5.41) is 4.85. The number of rotatable bonds is 4. The topological polar surface area (TPSA) is 28.2 Å². The molecule has 0 amide bonds. The average molecular weight is 251 g/mol. The Morgan fingerprint density at radius 1 is 1.35 bits per heavy atom. The van der Waals surface area contributed by atoms with Crippen molar-refractivity contribution in [3.05, 3.63) is 16.1 Å². The molecule has 1 aromatic rings. The van der Waals surface area contributed by atoms with Gasteiger partial charge in [0.05, 0.1) is 5.01 Å². The Kier molecular flexibility index (Phi) is 3.45. The minimum atomic E-state index is 0.715. The summed E-state index contributed by atoms with van der Waals surface area (Å²) in [6, 6.07) is 1.66. The third-order valence-corrected chi connectivity index (χ3v) is 4.74. The van der Waals surface area contributed by atoms with Gasteiger partial charge in [0.15, 0.2) is 0 Å². The maximum atomic E-state index is 4.29. The highest BCUT2D eigenvalue weighted by Gasteiger charge is 2.31. The summed E-state index contributed by atoms with van der Waals surface area (Å²) >= 11 is 1.81. The van der Waals surface area contributed by atoms with Crippen LogP contribution in [0, 0.1) is 6.92 Å². The average Bonchev–Trinajstić information content (AvgIpc) is 3.11. The zero-order valence-corrected chi connectivity index (χ0v) is 11.3. The van der Waals surface area contributed by atoms with Crippen LogP contribution in [0.5, 0.6) is 0 Å². The Hall–Kier alpha value is -0.450. The minimum Gasteiger partial charge on any atom is -0.309 e. The molecule has 0 atom stereocenters. The molecule has 0 radical (unpaired) electrons. The molecule has 0 spiro atoms. The molecule has 1 aromatic heterocycles. The lowest BCUT2D eigenvalue weighted by Crippen LogP contribution is -2.42. The van der Waals surface area contributed by atoms with Gasteiger partial charge in [-0.1, -0.05) is 0 Å². The zero-order valence-electron chi connectivity index (χ0n) is 10.5. The van der Waals surface area contributed by atoms with Gasteiger partial charge >= 0.3 is 0 Å². The molecule has 1 saturated carbocycles. The molecule has 2 aliphatic rings. The number of aromatic nitrogens is 1. The molecule has 4 heteroatoms. The third kappa shape index (κ3) is 3.06. The molecule has 1 aliphatic heterocycles. The van der Waals surface area contributed by atoms with Crippen LogP contribution >= 0.6 is 11.3 Å². The predicted octanol–water partition coefficient (Wildman–Crippen LogP) is 2.17. The largest absolute Gasteiger partial charge is 0.309 e. The van der Waals surface area contributed by atoms with E-state index >= 15 is 0 Å². The molecule has 3 rings (SSSR count). The number of piperidine rings is 1. The molecular formula is C13H21N3S. The Morgan fingerprint density at radius 2 is 2.12 bits per heavy atom. The van der Waals surface area contributed by atoms with Gasteiger partial charge in [0, 0.05) is 29.7 Å². The summed E-state index contributed by atoms with van der Waals surface area (Å²) in [6.07, 6.45) is 7.52. The Balaban J connectivity index is 1.41. The second-order valence-corrected chi connectivity index (χ2v) is 6.59. The number of aryl methyl sites for hydroxylation is 1. The van der Waals surface area contributed by atoms with Crippen molar-refractivity contribution < 1.29 is 0 Å². The summed E-state index contributed by atoms with van der Waals surface area (Å²) in [5.41, 5.74) is 0. The van der Waals surface area contributed by atoms with E-state index in [1.54, 1.807) is 0 Å². The van der Waals surface area contributed by atoms with E-state index in [0.717, 1.165) is 12.6 Å². The van der Waals surface area contributed by atoms with Gasteiger partial charge in [0.25, 0.3) is 0 Å². The Labute approximate surface area is 107 Å². The van der Waals surface area contributed by atoms with Gasteiger partial charge in [-0.25, -0.2) is 4.98 Å². The first-order chi connectivity index (χ1) is 8.31. The fraction of sp³-hybridized carbons (Fsp3) is 0.769. The van der Waals surface area contributed by atoms with Crippen molar-refractivity contribution in [3.8, 4) is 0 Å². The van der Waals surface area contributed by atoms with Gasteiger partial charge in [-0.3, -0.25) is 0 Å². The molecule has 1 saturated heterocycles. The van der Waals surface area contributed by atoms with Crippen molar-refractivity contribution in [3.63, 3.8) is 0 Å². The molecule has 1 aliphatic carbocycles. The molecule has 0 bridgehead atoms. The molecule has 3 nitrogen and oxygen atoms in total. The molecular weight excluding hydrogens is 230 g/mol. The quantitative estimate of drug-likeness (QED) is 0.889. The van der Waals surface area contributed by atoms with Crippen LogP contribution in [0.3, 0.4) is 0 Å². The van der Waals surface area contributed by atoms with E-state index in [2.05, 4.69) is 22.1 Å². The number of nitrogens with one attached hydrogen (secondary N) is 1. The number of thiazole rings is 1. The van der Waals surface area contributed by atoms with Crippen LogP contribution in [-0.4, -0.2) is 35.1 Å². The monoisotopic (exact) mass is 251 g/mol. The normalized spacial score (nSPS) is 23.1. The van der Waals surface area contributed by atoms with Crippen LogP contribution in [-0.2, 0) is 6.54 Å². The highest BCUT2D eigenvalue weighted by molar-refractivity contribution is 7.11. The number of hydrogen-bond donors (Lipinski definition) is 1. The van der Waals surface area contributed by atoms with E-state index in [1.807, 2.05) is 17.5 Å². The molecule has 17 heavy (non-hydrogen) atoms. The number of nitrogens with zero attached hydrogens (tertiary/aromatic N) is 2. The fourth-order valence-electron chi connectivity index (χ4n) is 2.64. The molecule has 0 unspecified atom stereocenters. The van der Waals surface area contributed by atoms with E-state index in [1.165, 1.54) is 48.7 Å². The summed E-state index contributed by atoms with van der Waals surface area (Å²) in [5.74, 6) is 0. The van der Waals surface area contributed by atoms with E-state index in [-0.39, 0.29) is 0 Å². The van der Waals surface area contributed by atoms with Gasteiger partial charge in [-0.2, -0.15) is 0 Å². The first-order valence-electron chi connectivity index (χ1n) is 6.70. The van der Waals surface area contributed by atoms with Crippen molar-refractivity contribution in [2.24, 2.45) is 0 Å². The molecule has 94 valence electrons. The number of likely N-dealkylation sites (tertiary alicyclic amines) is 1. The standard InChI is InChI=1S/C13H21N3S/c1-10-14-8-13(17-10)9-15-11-4-6-16(7-5-11)12-2-3-12/h8,11-12,15H,2-7,9H2,1H3. The second kappa shape index (κ2) is 5.04. The van der Waals surface area contributed by atoms with Gasteiger partial charge in [0.2, 0.25) is 0 Å². The van der Waals surface area contributed by atoms with Crippen LogP contribution < -0.4 is 5.32 Å². The fourth-order valence-corrected chi connectivity index (χ4v) is 3.39. The van der Waals surface area contributed by atoms with Crippen LogP contribution in [0.25, 0.3) is 0 Å². The lowest BCUT2D eigenvalue weighted by Gasteiger charge is -2.32. The van der Waals surface area contributed by atoms with Crippen molar-refractivity contribution >= 4 is 11.3 Å². The smallest absolute Gasteiger partial charge is 0.0897 e. The van der Waals surface area contributed by atoms with E-state index in [0.29, 0.717) is 6.04 Å². The van der Waals surface area contributed by atoms with Crippen molar-refractivity contribution in [2.75, 3.05) is 13.1 Å². The van der Waals surface area contributed by atoms with E-state index in [4.69, 9.17) is 0 Å². The minimum absolute atomic E-state index is 0.715. The first kappa shape index (κ1) is 11.6. The molecule has 2 fully saturated rings. The number of hydrogen-bond acceptors (Lipinski definition) is 4. The Morgan fingerprint density at radius 3 is 2.71 bits per heavy atom. The third-order valence-electron chi connectivity index (χ3n) is 3.83. The van der Waals surface area contributed by atoms with Crippen molar-refractivity contribution in [1.29, 1.82) is 0 Å². The summed E-state index contributed by atoms with van der Waals surface area (Å²) in [7, 11) is 0. The highest BCUT2D eigenvalue weighted by atomic mass is 32.1. The van der Waals surface area contributed by atoms with Crippen molar-refractivity contribution in [2.45, 2.75) is 51.2 Å². The van der Waals surface area contributed by atoms with E-state index < -0.39 is 0 Å². The van der Waals surface area contributed by atoms with Crippen LogP contribution in [0.4, 0.5) is 0 Å². The van der Waals surface area contributed by atoms with Gasteiger partial charge in [-0.15, -0.1) is 11.3 Å². The van der Waals surface area contributed by atoms with Gasteiger partial charge in [0.1, 0.15) is 0 Å². The summed E-state index contributed by atoms with van der Waals surface area (Å²) in [4.78, 5) is 8.34. The summed E-state index contributed by atoms with van der Waals surface area (Å²) in [6.45, 7) is 5.66. The van der Waals surface area contributed by atoms with Crippen molar-refractivity contribution in [1.82, 2.24) is 15.2 Å². The SMILES string of the molecule is Cc1ncc(CNC2CCN(C3CC3)CC2)s1. The van der Waals surface area contributed by atoms with Crippen LogP contribution in [0.1, 0.15) is 35.6 Å². The zero-order chi connectivity index (χ0) is 11.7. The maximum Gasteiger partial charge on any atom is 0.0897 e. The van der Waals surface area contributed by atoms with E-state index in [9.17, 15) is 0 Å². The lowest BCUT2D eigenvalue weighted by atomic mass is 10.0. The molecule has 0 aromatic carbocycles. The highest BCUT2D eigenvalue weighted by Crippen LogP contribution is 2.29. The van der Waals surface area contributed by atoms with Gasteiger partial charge < -0.3 is 10.2 Å². The van der Waals surface area contributed by atoms with Crippen LogP contribution in [0.2, 0.25) is 0 Å². The first-order valence-corrected chi connectivity index (χ1v) is 7.51. The maximum absolute atomic E-state index is 4.29.